The van der Waals surface area contributed by atoms with Gasteiger partial charge in [0.25, 0.3) is 0 Å². The van der Waals surface area contributed by atoms with Gasteiger partial charge in [-0.15, -0.1) is 0 Å². The first-order chi connectivity index (χ1) is 6.75. The minimum atomic E-state index is 0.399. The summed E-state index contributed by atoms with van der Waals surface area (Å²) >= 11 is 0. The Morgan fingerprint density at radius 3 is 2.93 bits per heavy atom. The molecule has 0 saturated heterocycles. The van der Waals surface area contributed by atoms with Crippen molar-refractivity contribution in [2.45, 2.75) is 26.3 Å². The van der Waals surface area contributed by atoms with Gasteiger partial charge in [-0.25, -0.2) is 0 Å². The van der Waals surface area contributed by atoms with E-state index in [1.165, 1.54) is 5.57 Å². The normalized spacial score (nSPS) is 19.2. The van der Waals surface area contributed by atoms with Gasteiger partial charge in [-0.1, -0.05) is 12.2 Å². The zero-order valence-electron chi connectivity index (χ0n) is 8.58. The van der Waals surface area contributed by atoms with Crippen molar-refractivity contribution in [3.05, 3.63) is 47.6 Å². The standard InChI is InChI=1S/C12H15NO/c1-9(2)13-12-8-7-10-5-3-4-6-11(10)14-12/h3-4,6-9,13H,5H2,1-2H3. The Morgan fingerprint density at radius 1 is 1.29 bits per heavy atom. The van der Waals surface area contributed by atoms with E-state index in [1.54, 1.807) is 0 Å². The number of allylic oxidation sites excluding steroid dienone is 6. The summed E-state index contributed by atoms with van der Waals surface area (Å²) in [6.45, 7) is 4.19. The molecule has 1 aliphatic heterocycles. The van der Waals surface area contributed by atoms with Gasteiger partial charge in [0.05, 0.1) is 0 Å². The molecule has 0 atom stereocenters. The molecule has 0 unspecified atom stereocenters. The minimum Gasteiger partial charge on any atom is -0.441 e. The van der Waals surface area contributed by atoms with Crippen molar-refractivity contribution in [3.8, 4) is 0 Å². The largest absolute Gasteiger partial charge is 0.441 e. The molecule has 1 aliphatic carbocycles. The van der Waals surface area contributed by atoms with Gasteiger partial charge in [0.2, 0.25) is 0 Å². The molecule has 1 heterocycles. The third-order valence-electron chi connectivity index (χ3n) is 2.12. The molecular weight excluding hydrogens is 174 g/mol. The van der Waals surface area contributed by atoms with Crippen LogP contribution in [0.5, 0.6) is 0 Å². The summed E-state index contributed by atoms with van der Waals surface area (Å²) in [5.41, 5.74) is 1.25. The Labute approximate surface area is 84.6 Å². The lowest BCUT2D eigenvalue weighted by Crippen LogP contribution is -2.24. The Kier molecular flexibility index (Phi) is 2.44. The predicted octanol–water partition coefficient (Wildman–Crippen LogP) is 2.63. The van der Waals surface area contributed by atoms with Gasteiger partial charge in [0, 0.05) is 6.04 Å². The fraction of sp³-hybridized carbons (Fsp3) is 0.333. The maximum absolute atomic E-state index is 5.69. The Bertz CT molecular complexity index is 345. The van der Waals surface area contributed by atoms with E-state index in [0.717, 1.165) is 18.1 Å². The molecule has 2 aliphatic rings. The Hall–Kier alpha value is -1.44. The fourth-order valence-electron chi connectivity index (χ4n) is 1.50. The van der Waals surface area contributed by atoms with Crippen LogP contribution in [0.4, 0.5) is 0 Å². The van der Waals surface area contributed by atoms with E-state index < -0.39 is 0 Å². The minimum absolute atomic E-state index is 0.399. The highest BCUT2D eigenvalue weighted by atomic mass is 16.5. The molecule has 0 aromatic rings. The monoisotopic (exact) mass is 189 g/mol. The summed E-state index contributed by atoms with van der Waals surface area (Å²) < 4.78 is 5.69. The van der Waals surface area contributed by atoms with Crippen molar-refractivity contribution in [2.75, 3.05) is 0 Å². The lowest BCUT2D eigenvalue weighted by atomic mass is 10.0. The van der Waals surface area contributed by atoms with Crippen molar-refractivity contribution < 1.29 is 4.74 Å². The van der Waals surface area contributed by atoms with Crippen molar-refractivity contribution >= 4 is 0 Å². The molecule has 0 radical (unpaired) electrons. The summed E-state index contributed by atoms with van der Waals surface area (Å²) in [5.74, 6) is 1.81. The van der Waals surface area contributed by atoms with Crippen LogP contribution in [0, 0.1) is 0 Å². The third-order valence-corrected chi connectivity index (χ3v) is 2.12. The lowest BCUT2D eigenvalue weighted by Gasteiger charge is -2.22. The van der Waals surface area contributed by atoms with E-state index in [2.05, 4.69) is 31.3 Å². The average Bonchev–Trinajstić information content (AvgIpc) is 2.17. The van der Waals surface area contributed by atoms with Crippen LogP contribution < -0.4 is 5.32 Å². The maximum atomic E-state index is 5.69. The van der Waals surface area contributed by atoms with Crippen LogP contribution in [0.2, 0.25) is 0 Å². The average molecular weight is 189 g/mol. The SMILES string of the molecule is CC(C)NC1=CC=C2CC=CC=C2O1. The number of rotatable bonds is 2. The second-order valence-corrected chi connectivity index (χ2v) is 3.79. The lowest BCUT2D eigenvalue weighted by molar-refractivity contribution is 0.268. The van der Waals surface area contributed by atoms with E-state index in [9.17, 15) is 0 Å². The van der Waals surface area contributed by atoms with Crippen LogP contribution in [0.3, 0.4) is 0 Å². The van der Waals surface area contributed by atoms with Crippen molar-refractivity contribution in [3.63, 3.8) is 0 Å². The molecule has 0 aromatic carbocycles. The zero-order chi connectivity index (χ0) is 9.97. The van der Waals surface area contributed by atoms with Gasteiger partial charge in [-0.2, -0.15) is 0 Å². The first-order valence-corrected chi connectivity index (χ1v) is 4.98. The van der Waals surface area contributed by atoms with Gasteiger partial charge >= 0.3 is 0 Å². The second kappa shape index (κ2) is 3.74. The van der Waals surface area contributed by atoms with Gasteiger partial charge in [-0.3, -0.25) is 0 Å². The van der Waals surface area contributed by atoms with Crippen LogP contribution in [-0.2, 0) is 4.74 Å². The van der Waals surface area contributed by atoms with Crippen LogP contribution in [0.1, 0.15) is 20.3 Å². The number of hydrogen-bond acceptors (Lipinski definition) is 2. The number of fused-ring (bicyclic) bond motifs is 1. The first-order valence-electron chi connectivity index (χ1n) is 4.98. The summed E-state index contributed by atoms with van der Waals surface area (Å²) in [6.07, 6.45) is 11.2. The van der Waals surface area contributed by atoms with Gasteiger partial charge < -0.3 is 10.1 Å². The number of nitrogens with one attached hydrogen (secondary N) is 1. The predicted molar refractivity (Wildman–Crippen MR) is 57.4 cm³/mol. The molecule has 2 nitrogen and oxygen atoms in total. The van der Waals surface area contributed by atoms with Crippen LogP contribution in [0.15, 0.2) is 47.6 Å². The van der Waals surface area contributed by atoms with Crippen molar-refractivity contribution in [2.24, 2.45) is 0 Å². The zero-order valence-corrected chi connectivity index (χ0v) is 8.58. The van der Waals surface area contributed by atoms with E-state index in [-0.39, 0.29) is 0 Å². The van der Waals surface area contributed by atoms with E-state index in [0.29, 0.717) is 6.04 Å². The molecule has 74 valence electrons. The van der Waals surface area contributed by atoms with E-state index >= 15 is 0 Å². The smallest absolute Gasteiger partial charge is 0.193 e. The molecule has 0 saturated carbocycles. The second-order valence-electron chi connectivity index (χ2n) is 3.79. The molecule has 0 spiro atoms. The first kappa shape index (κ1) is 9.13. The molecule has 0 amide bonds. The number of hydrogen-bond donors (Lipinski definition) is 1. The summed E-state index contributed by atoms with van der Waals surface area (Å²) in [4.78, 5) is 0. The topological polar surface area (TPSA) is 21.3 Å². The van der Waals surface area contributed by atoms with Crippen LogP contribution in [0.25, 0.3) is 0 Å². The van der Waals surface area contributed by atoms with E-state index in [4.69, 9.17) is 4.74 Å². The quantitative estimate of drug-likeness (QED) is 0.721. The Morgan fingerprint density at radius 2 is 2.14 bits per heavy atom. The summed E-state index contributed by atoms with van der Waals surface area (Å²) in [5, 5.41) is 3.24. The molecule has 0 bridgehead atoms. The van der Waals surface area contributed by atoms with Crippen LogP contribution in [-0.4, -0.2) is 6.04 Å². The van der Waals surface area contributed by atoms with Gasteiger partial charge in [0.15, 0.2) is 5.88 Å². The van der Waals surface area contributed by atoms with E-state index in [1.807, 2.05) is 18.2 Å². The molecular formula is C12H15NO. The summed E-state index contributed by atoms with van der Waals surface area (Å²) in [6, 6.07) is 0.399. The molecule has 14 heavy (non-hydrogen) atoms. The summed E-state index contributed by atoms with van der Waals surface area (Å²) in [7, 11) is 0. The van der Waals surface area contributed by atoms with Gasteiger partial charge in [0.1, 0.15) is 5.76 Å². The molecule has 0 aromatic heterocycles. The molecule has 2 heteroatoms. The third kappa shape index (κ3) is 1.90. The fourth-order valence-corrected chi connectivity index (χ4v) is 1.50. The van der Waals surface area contributed by atoms with Crippen LogP contribution >= 0.6 is 0 Å². The molecule has 0 fully saturated rings. The maximum Gasteiger partial charge on any atom is 0.193 e. The highest BCUT2D eigenvalue weighted by Gasteiger charge is 2.14. The van der Waals surface area contributed by atoms with Crippen molar-refractivity contribution in [1.82, 2.24) is 5.32 Å². The molecule has 1 N–H and O–H groups in total. The van der Waals surface area contributed by atoms with Gasteiger partial charge in [-0.05, 0) is 44.1 Å². The number of ether oxygens (including phenoxy) is 1. The highest BCUT2D eigenvalue weighted by Crippen LogP contribution is 2.26. The Balaban J connectivity index is 2.13. The highest BCUT2D eigenvalue weighted by molar-refractivity contribution is 5.40. The van der Waals surface area contributed by atoms with Crippen molar-refractivity contribution in [1.29, 1.82) is 0 Å². The molecule has 2 rings (SSSR count).